The molecule has 0 aliphatic heterocycles. The van der Waals surface area contributed by atoms with Crippen LogP contribution in [0.5, 0.6) is 0 Å². The van der Waals surface area contributed by atoms with Crippen molar-refractivity contribution in [2.75, 3.05) is 0 Å². The summed E-state index contributed by atoms with van der Waals surface area (Å²) in [6, 6.07) is 23.2. The van der Waals surface area contributed by atoms with E-state index in [4.69, 9.17) is 11.6 Å². The average molecular weight is 463 g/mol. The number of rotatable bonds is 7. The van der Waals surface area contributed by atoms with Gasteiger partial charge in [0.2, 0.25) is 0 Å². The Hall–Kier alpha value is -3.09. The second kappa shape index (κ2) is 10.0. The summed E-state index contributed by atoms with van der Waals surface area (Å²) in [4.78, 5) is 12.5. The van der Waals surface area contributed by atoms with Crippen LogP contribution in [0.4, 0.5) is 0 Å². The predicted molar refractivity (Wildman–Crippen MR) is 129 cm³/mol. The number of nitrogens with one attached hydrogen (secondary N) is 1. The number of hydrogen-bond donors (Lipinski definition) is 1. The molecule has 0 saturated carbocycles. The van der Waals surface area contributed by atoms with Crippen molar-refractivity contribution in [3.05, 3.63) is 106 Å². The highest BCUT2D eigenvalue weighted by atomic mass is 35.5. The van der Waals surface area contributed by atoms with Crippen molar-refractivity contribution in [3.8, 4) is 5.69 Å². The van der Waals surface area contributed by atoms with Crippen LogP contribution in [0.25, 0.3) is 5.69 Å². The number of aromatic nitrogens is 3. The molecule has 5 nitrogen and oxygen atoms in total. The van der Waals surface area contributed by atoms with Crippen LogP contribution < -0.4 is 5.32 Å². The van der Waals surface area contributed by atoms with Gasteiger partial charge in [0.15, 0.2) is 11.0 Å². The quantitative estimate of drug-likeness (QED) is 0.355. The first-order valence-corrected chi connectivity index (χ1v) is 11.6. The molecule has 0 aliphatic rings. The molecule has 1 N–H and O–H groups in total. The first-order valence-electron chi connectivity index (χ1n) is 10.2. The van der Waals surface area contributed by atoms with Gasteiger partial charge < -0.3 is 5.32 Å². The van der Waals surface area contributed by atoms with E-state index in [1.807, 2.05) is 60.0 Å². The number of carbonyl (C=O) groups excluding carboxylic acids is 1. The lowest BCUT2D eigenvalue weighted by atomic mass is 10.1. The van der Waals surface area contributed by atoms with Crippen molar-refractivity contribution in [1.82, 2.24) is 20.1 Å². The topological polar surface area (TPSA) is 59.8 Å². The first kappa shape index (κ1) is 22.1. The van der Waals surface area contributed by atoms with Crippen molar-refractivity contribution in [3.63, 3.8) is 0 Å². The van der Waals surface area contributed by atoms with E-state index >= 15 is 0 Å². The minimum Gasteiger partial charge on any atom is -0.345 e. The molecule has 1 amide bonds. The van der Waals surface area contributed by atoms with Gasteiger partial charge in [-0.1, -0.05) is 71.9 Å². The maximum atomic E-state index is 12.5. The van der Waals surface area contributed by atoms with Crippen molar-refractivity contribution >= 4 is 29.3 Å². The SMILES string of the molecule is Cc1ccccc1CSc1nnc(CNC(=O)c2ccccc2)n1-c1cc(Cl)ccc1C. The van der Waals surface area contributed by atoms with Crippen LogP contribution >= 0.6 is 23.4 Å². The first-order chi connectivity index (χ1) is 15.5. The van der Waals surface area contributed by atoms with E-state index in [2.05, 4.69) is 34.6 Å². The number of nitrogens with zero attached hydrogens (tertiary/aromatic N) is 3. The minimum atomic E-state index is -0.155. The van der Waals surface area contributed by atoms with E-state index in [1.54, 1.807) is 23.9 Å². The second-order valence-corrected chi connectivity index (χ2v) is 8.81. The Morgan fingerprint density at radius 2 is 1.72 bits per heavy atom. The van der Waals surface area contributed by atoms with E-state index in [9.17, 15) is 4.79 Å². The van der Waals surface area contributed by atoms with Crippen molar-refractivity contribution in [2.45, 2.75) is 31.3 Å². The van der Waals surface area contributed by atoms with Crippen LogP contribution in [0, 0.1) is 13.8 Å². The monoisotopic (exact) mass is 462 g/mol. The summed E-state index contributed by atoms with van der Waals surface area (Å²) in [5.41, 5.74) is 5.03. The second-order valence-electron chi connectivity index (χ2n) is 7.43. The van der Waals surface area contributed by atoms with Gasteiger partial charge in [-0.15, -0.1) is 10.2 Å². The molecule has 32 heavy (non-hydrogen) atoms. The molecule has 0 bridgehead atoms. The highest BCUT2D eigenvalue weighted by Crippen LogP contribution is 2.29. The number of hydrogen-bond acceptors (Lipinski definition) is 4. The van der Waals surface area contributed by atoms with Crippen molar-refractivity contribution in [1.29, 1.82) is 0 Å². The number of thioether (sulfide) groups is 1. The summed E-state index contributed by atoms with van der Waals surface area (Å²) < 4.78 is 1.98. The Kier molecular flexibility index (Phi) is 6.93. The molecule has 1 aromatic heterocycles. The number of aryl methyl sites for hydroxylation is 2. The third-order valence-corrected chi connectivity index (χ3v) is 6.39. The highest BCUT2D eigenvalue weighted by Gasteiger charge is 2.18. The highest BCUT2D eigenvalue weighted by molar-refractivity contribution is 7.98. The number of halogens is 1. The number of benzene rings is 3. The lowest BCUT2D eigenvalue weighted by molar-refractivity contribution is 0.0949. The third-order valence-electron chi connectivity index (χ3n) is 5.17. The van der Waals surface area contributed by atoms with E-state index < -0.39 is 0 Å². The normalized spacial score (nSPS) is 10.8. The summed E-state index contributed by atoms with van der Waals surface area (Å²) in [6.07, 6.45) is 0. The molecular weight excluding hydrogens is 440 g/mol. The Bertz CT molecular complexity index is 1240. The Balaban J connectivity index is 1.63. The summed E-state index contributed by atoms with van der Waals surface area (Å²) in [5.74, 6) is 1.25. The molecule has 3 aromatic carbocycles. The smallest absolute Gasteiger partial charge is 0.251 e. The number of carbonyl (C=O) groups is 1. The Labute approximate surface area is 196 Å². The molecule has 0 atom stereocenters. The Morgan fingerprint density at radius 3 is 2.50 bits per heavy atom. The minimum absolute atomic E-state index is 0.155. The maximum Gasteiger partial charge on any atom is 0.251 e. The largest absolute Gasteiger partial charge is 0.345 e. The van der Waals surface area contributed by atoms with E-state index in [0.717, 1.165) is 22.2 Å². The summed E-state index contributed by atoms with van der Waals surface area (Å²) in [6.45, 7) is 4.37. The Morgan fingerprint density at radius 1 is 0.969 bits per heavy atom. The molecule has 0 spiro atoms. The van der Waals surface area contributed by atoms with Gasteiger partial charge in [0, 0.05) is 16.3 Å². The van der Waals surface area contributed by atoms with Gasteiger partial charge in [-0.05, 0) is 54.8 Å². The van der Waals surface area contributed by atoms with Gasteiger partial charge in [0.25, 0.3) is 5.91 Å². The molecule has 0 unspecified atom stereocenters. The predicted octanol–water partition coefficient (Wildman–Crippen LogP) is 5.76. The standard InChI is InChI=1S/C25H23ClN4OS/c1-17-8-6-7-11-20(17)16-32-25-29-28-23(15-27-24(31)19-9-4-3-5-10-19)30(25)22-14-21(26)13-12-18(22)2/h3-14H,15-16H2,1-2H3,(H,27,31). The molecule has 0 saturated heterocycles. The van der Waals surface area contributed by atoms with Crippen molar-refractivity contribution < 1.29 is 4.79 Å². The third kappa shape index (κ3) is 5.03. The van der Waals surface area contributed by atoms with Gasteiger partial charge in [0.1, 0.15) is 0 Å². The fourth-order valence-electron chi connectivity index (χ4n) is 3.34. The fraction of sp³-hybridized carbons (Fsp3) is 0.160. The average Bonchev–Trinajstić information content (AvgIpc) is 3.21. The fourth-order valence-corrected chi connectivity index (χ4v) is 4.55. The van der Waals surface area contributed by atoms with Crippen LogP contribution in [0.1, 0.15) is 32.9 Å². The van der Waals surface area contributed by atoms with Crippen LogP contribution in [-0.4, -0.2) is 20.7 Å². The molecule has 4 aromatic rings. The maximum absolute atomic E-state index is 12.5. The summed E-state index contributed by atoms with van der Waals surface area (Å²) in [7, 11) is 0. The molecule has 7 heteroatoms. The van der Waals surface area contributed by atoms with Gasteiger partial charge >= 0.3 is 0 Å². The molecule has 0 fully saturated rings. The van der Waals surface area contributed by atoms with Crippen molar-refractivity contribution in [2.24, 2.45) is 0 Å². The zero-order chi connectivity index (χ0) is 22.5. The van der Waals surface area contributed by atoms with Crippen LogP contribution in [0.3, 0.4) is 0 Å². The lowest BCUT2D eigenvalue weighted by Gasteiger charge is -2.14. The summed E-state index contributed by atoms with van der Waals surface area (Å²) in [5, 5.41) is 13.2. The molecule has 1 heterocycles. The zero-order valence-corrected chi connectivity index (χ0v) is 19.5. The van der Waals surface area contributed by atoms with E-state index in [1.165, 1.54) is 11.1 Å². The zero-order valence-electron chi connectivity index (χ0n) is 17.9. The van der Waals surface area contributed by atoms with Crippen LogP contribution in [0.15, 0.2) is 78.0 Å². The van der Waals surface area contributed by atoms with E-state index in [-0.39, 0.29) is 12.5 Å². The van der Waals surface area contributed by atoms with Crippen LogP contribution in [-0.2, 0) is 12.3 Å². The van der Waals surface area contributed by atoms with Gasteiger partial charge in [0.05, 0.1) is 12.2 Å². The van der Waals surface area contributed by atoms with E-state index in [0.29, 0.717) is 16.4 Å². The number of amides is 1. The molecule has 162 valence electrons. The van der Waals surface area contributed by atoms with Gasteiger partial charge in [-0.25, -0.2) is 0 Å². The molecule has 0 radical (unpaired) electrons. The van der Waals surface area contributed by atoms with Gasteiger partial charge in [-0.3, -0.25) is 9.36 Å². The molecule has 0 aliphatic carbocycles. The summed E-state index contributed by atoms with van der Waals surface area (Å²) >= 11 is 7.92. The molecular formula is C25H23ClN4OS. The van der Waals surface area contributed by atoms with Crippen LogP contribution in [0.2, 0.25) is 5.02 Å². The lowest BCUT2D eigenvalue weighted by Crippen LogP contribution is -2.24. The van der Waals surface area contributed by atoms with Gasteiger partial charge in [-0.2, -0.15) is 0 Å². The molecule has 4 rings (SSSR count).